The van der Waals surface area contributed by atoms with E-state index in [-0.39, 0.29) is 20.1 Å². The molecule has 0 fully saturated rings. The molecule has 56 heavy (non-hydrogen) atoms. The molecule has 0 saturated carbocycles. The number of hydrogen-bond donors (Lipinski definition) is 0. The molecule has 7 rings (SSSR count). The van der Waals surface area contributed by atoms with Gasteiger partial charge >= 0.3 is 0 Å². The number of nitrogens with zero attached hydrogens (tertiary/aromatic N) is 2. The molecule has 0 bridgehead atoms. The van der Waals surface area contributed by atoms with Gasteiger partial charge in [0.2, 0.25) is 0 Å². The minimum atomic E-state index is -1.41. The zero-order chi connectivity index (χ0) is 39.9. The van der Waals surface area contributed by atoms with Crippen LogP contribution in [0.4, 0.5) is 0 Å². The summed E-state index contributed by atoms with van der Waals surface area (Å²) in [6.07, 6.45) is 5.31. The van der Waals surface area contributed by atoms with Crippen molar-refractivity contribution in [3.8, 4) is 33.6 Å². The van der Waals surface area contributed by atoms with Crippen molar-refractivity contribution in [2.75, 3.05) is 0 Å². The van der Waals surface area contributed by atoms with E-state index in [9.17, 15) is 0 Å². The van der Waals surface area contributed by atoms with Crippen LogP contribution in [0.15, 0.2) is 102 Å². The Kier molecular flexibility index (Phi) is 12.8. The topological polar surface area (TPSA) is 20.9 Å². The van der Waals surface area contributed by atoms with Crippen molar-refractivity contribution in [1.82, 2.24) is 0 Å². The molecule has 7 aromatic rings. The van der Waals surface area contributed by atoms with E-state index in [1.54, 1.807) is 0 Å². The van der Waals surface area contributed by atoms with Crippen molar-refractivity contribution in [3.63, 3.8) is 0 Å². The van der Waals surface area contributed by atoms with Gasteiger partial charge in [0.1, 0.15) is 5.58 Å². The fourth-order valence-corrected chi connectivity index (χ4v) is 9.36. The number of para-hydroxylation sites is 1. The second-order valence-electron chi connectivity index (χ2n) is 17.1. The van der Waals surface area contributed by atoms with Gasteiger partial charge in [-0.15, -0.1) is 23.3 Å². The number of aromatic nitrogens is 2. The van der Waals surface area contributed by atoms with Crippen molar-refractivity contribution in [2.45, 2.75) is 80.4 Å². The molecule has 1 radical (unpaired) electrons. The van der Waals surface area contributed by atoms with Crippen LogP contribution in [0.1, 0.15) is 72.6 Å². The number of hydrogen-bond acceptors (Lipinski definition) is 1. The molecule has 0 saturated heterocycles. The van der Waals surface area contributed by atoms with Crippen molar-refractivity contribution in [2.24, 2.45) is 5.92 Å². The summed E-state index contributed by atoms with van der Waals surface area (Å²) in [5, 5.41) is 3.72. The molecule has 0 unspecified atom stereocenters. The monoisotopic (exact) mass is 935 g/mol. The maximum absolute atomic E-state index is 6.63. The van der Waals surface area contributed by atoms with E-state index in [0.717, 1.165) is 67.6 Å². The van der Waals surface area contributed by atoms with Crippen LogP contribution in [0.3, 0.4) is 0 Å². The number of rotatable bonds is 7. The minimum absolute atomic E-state index is 0. The van der Waals surface area contributed by atoms with E-state index in [2.05, 4.69) is 187 Å². The normalized spacial score (nSPS) is 11.6. The number of pyridine rings is 2. The minimum Gasteiger partial charge on any atom is -0.469 e. The van der Waals surface area contributed by atoms with E-state index < -0.39 is 8.07 Å². The summed E-state index contributed by atoms with van der Waals surface area (Å²) in [4.78, 5) is 0. The van der Waals surface area contributed by atoms with Gasteiger partial charge in [0.15, 0.2) is 0 Å². The van der Waals surface area contributed by atoms with Crippen molar-refractivity contribution in [1.29, 1.82) is 0 Å². The Morgan fingerprint density at radius 1 is 0.679 bits per heavy atom. The third-order valence-electron chi connectivity index (χ3n) is 10.7. The fourth-order valence-electron chi connectivity index (χ4n) is 7.59. The van der Waals surface area contributed by atoms with Crippen molar-refractivity contribution < 1.29 is 33.7 Å². The van der Waals surface area contributed by atoms with E-state index in [0.29, 0.717) is 11.8 Å². The summed E-state index contributed by atoms with van der Waals surface area (Å²) in [6.45, 7) is 31.2. The summed E-state index contributed by atoms with van der Waals surface area (Å²) in [5.74, 6) is 1.10. The summed E-state index contributed by atoms with van der Waals surface area (Å²) < 4.78 is 10.6. The first-order valence-corrected chi connectivity index (χ1v) is 23.0. The largest absolute Gasteiger partial charge is 0.469 e. The van der Waals surface area contributed by atoms with Gasteiger partial charge in [-0.1, -0.05) is 143 Å². The molecule has 0 spiro atoms. The third-order valence-corrected chi connectivity index (χ3v) is 12.8. The van der Waals surface area contributed by atoms with Crippen LogP contribution in [-0.2, 0) is 26.5 Å². The molecule has 0 aliphatic rings. The Morgan fingerprint density at radius 3 is 1.98 bits per heavy atom. The number of furan rings is 1. The molecular weight excluding hydrogens is 877 g/mol. The summed E-state index contributed by atoms with van der Waals surface area (Å²) in [5.41, 5.74) is 17.0. The third kappa shape index (κ3) is 8.66. The van der Waals surface area contributed by atoms with Gasteiger partial charge in [0.05, 0.1) is 37.4 Å². The molecule has 4 aromatic carbocycles. The molecule has 5 heteroatoms. The van der Waals surface area contributed by atoms with Gasteiger partial charge in [-0.2, -0.15) is 37.1 Å². The first-order valence-electron chi connectivity index (χ1n) is 19.5. The molecule has 0 atom stereocenters. The van der Waals surface area contributed by atoms with Gasteiger partial charge < -0.3 is 13.6 Å². The van der Waals surface area contributed by atoms with Crippen molar-refractivity contribution in [3.05, 3.63) is 164 Å². The Hall–Kier alpha value is -4.67. The second kappa shape index (κ2) is 16.8. The van der Waals surface area contributed by atoms with E-state index in [4.69, 9.17) is 4.42 Å². The van der Waals surface area contributed by atoms with Crippen LogP contribution in [0.2, 0.25) is 19.6 Å². The average Bonchev–Trinajstić information content (AvgIpc) is 3.50. The summed E-state index contributed by atoms with van der Waals surface area (Å²) in [6, 6.07) is 30.3. The standard InChI is InChI=1S/C30H28NO.C21H30NSi.Ir/c1-19(2)17-22-15-16-31(5)27(18-22)28-21(4)11-14-26-25-8-6-7-24(29(25)32-30(26)28)23-12-9-20(3)10-13-23;1-14(2)18-12-20(22(6)13-21(18)23(7,8)9)19-11-16(4)15(3)10-17(19)5;/h6-16,18-19H,4-5,17H2,1-3H3;10-14H,5-6H2,1-4,7-9H3;/q2*-1;. The van der Waals surface area contributed by atoms with Crippen LogP contribution >= 0.6 is 0 Å². The molecule has 0 aliphatic heterocycles. The molecule has 3 heterocycles. The van der Waals surface area contributed by atoms with Crippen LogP contribution < -0.4 is 14.3 Å². The Morgan fingerprint density at radius 2 is 1.34 bits per heavy atom. The van der Waals surface area contributed by atoms with Crippen molar-refractivity contribution >= 4 is 35.2 Å². The zero-order valence-corrected chi connectivity index (χ0v) is 38.5. The molecule has 3 nitrogen and oxygen atoms in total. The Labute approximate surface area is 351 Å². The summed E-state index contributed by atoms with van der Waals surface area (Å²) in [7, 11) is 7.11. The maximum Gasteiger partial charge on any atom is 0.141 e. The van der Waals surface area contributed by atoms with Crippen LogP contribution in [-0.4, -0.2) is 8.07 Å². The molecular formula is C51H58IrN2OSi-2. The van der Waals surface area contributed by atoms with E-state index in [1.807, 2.05) is 15.3 Å². The van der Waals surface area contributed by atoms with Crippen LogP contribution in [0, 0.1) is 54.6 Å². The van der Waals surface area contributed by atoms with Gasteiger partial charge in [-0.05, 0) is 42.9 Å². The van der Waals surface area contributed by atoms with Gasteiger partial charge in [0, 0.05) is 50.5 Å². The van der Waals surface area contributed by atoms with Gasteiger partial charge in [-0.25, -0.2) is 0 Å². The number of aryl methyl sites for hydroxylation is 3. The fraction of sp³-hybridized carbons (Fsp3) is 0.255. The second-order valence-corrected chi connectivity index (χ2v) is 22.1. The Bertz CT molecular complexity index is 2520. The quantitative estimate of drug-likeness (QED) is 0.0886. The first kappa shape index (κ1) is 42.5. The predicted octanol–water partition coefficient (Wildman–Crippen LogP) is 12.3. The van der Waals surface area contributed by atoms with Crippen LogP contribution in [0.25, 0.3) is 55.6 Å². The van der Waals surface area contributed by atoms with E-state index >= 15 is 0 Å². The SMILES string of the molecule is [CH2-]c1cc(C)c(C)cc1-c1cc(C(C)C)c([Si](C)(C)C)c[n+]1[CH2-].[CH2-]c1ccc2c(oc3c(-c4ccc(C)cc4)cccc32)c1-c1cc(CC(C)C)cc[n+]1[CH2-].[Ir]. The van der Waals surface area contributed by atoms with Gasteiger partial charge in [-0.3, -0.25) is 0 Å². The van der Waals surface area contributed by atoms with E-state index in [1.165, 1.54) is 38.6 Å². The molecule has 0 amide bonds. The average molecular weight is 935 g/mol. The predicted molar refractivity (Wildman–Crippen MR) is 237 cm³/mol. The first-order chi connectivity index (χ1) is 25.9. The maximum atomic E-state index is 6.63. The molecule has 3 aromatic heterocycles. The number of benzene rings is 4. The molecule has 293 valence electrons. The van der Waals surface area contributed by atoms with Gasteiger partial charge in [0.25, 0.3) is 0 Å². The molecule has 0 aliphatic carbocycles. The zero-order valence-electron chi connectivity index (χ0n) is 35.1. The molecule has 0 N–H and O–H groups in total. The smallest absolute Gasteiger partial charge is 0.141 e. The van der Waals surface area contributed by atoms with Crippen LogP contribution in [0.5, 0.6) is 0 Å². The Balaban J connectivity index is 0.000000223. The number of fused-ring (bicyclic) bond motifs is 3. The summed E-state index contributed by atoms with van der Waals surface area (Å²) >= 11 is 0.